The SMILES string of the molecule is CO[C@H]1[C@H]2OC(/C=C/C=C/C(C)=C/C[C@@H]3CC[C@@H](C)[C@@](O)(O3)C(=O)C(=O)N3CCCC[C@H]3C(=O)O[C@H]([C@H](C)C[C@@H]3CC[C@@H](O)[C@H](OC)C3)CC(=O)[C@H](C)/C=C(\C)[C@H]1O)[C@@H](C)C[C@H]2C. The number of ketones is 2. The summed E-state index contributed by atoms with van der Waals surface area (Å²) in [6.45, 7) is 13.5. The number of methoxy groups -OCH3 is 2. The molecule has 1 unspecified atom stereocenters. The maximum atomic E-state index is 14.3. The molecule has 3 saturated heterocycles. The summed E-state index contributed by atoms with van der Waals surface area (Å²) in [6, 6.07) is -1.09. The van der Waals surface area contributed by atoms with Crippen molar-refractivity contribution in [3.8, 4) is 0 Å². The summed E-state index contributed by atoms with van der Waals surface area (Å²) >= 11 is 0. The summed E-state index contributed by atoms with van der Waals surface area (Å²) in [7, 11) is 3.14. The molecule has 4 bridgehead atoms. The van der Waals surface area contributed by atoms with Crippen LogP contribution in [0.4, 0.5) is 0 Å². The zero-order valence-corrected chi connectivity index (χ0v) is 39.3. The number of allylic oxidation sites excluding steroid dienone is 5. The molecule has 0 aromatic rings. The number of aliphatic hydroxyl groups is 3. The van der Waals surface area contributed by atoms with E-state index in [9.17, 15) is 34.5 Å². The van der Waals surface area contributed by atoms with Gasteiger partial charge in [-0.2, -0.15) is 0 Å². The van der Waals surface area contributed by atoms with Crippen LogP contribution in [-0.2, 0) is 42.9 Å². The molecule has 4 aliphatic heterocycles. The van der Waals surface area contributed by atoms with Gasteiger partial charge in [0.05, 0.1) is 30.5 Å². The number of carbonyl (C=O) groups excluding carboxylic acids is 4. The van der Waals surface area contributed by atoms with Gasteiger partial charge < -0.3 is 43.9 Å². The number of ether oxygens (including phenoxy) is 5. The lowest BCUT2D eigenvalue weighted by Crippen LogP contribution is -2.60. The number of Topliss-reactive ketones (excluding diaryl/α,β-unsaturated/α-hetero) is 2. The molecule has 0 radical (unpaired) electrons. The molecule has 1 aliphatic carbocycles. The Balaban J connectivity index is 1.48. The molecule has 3 N–H and O–H groups in total. The third-order valence-electron chi connectivity index (χ3n) is 14.7. The molecule has 0 spiro atoms. The Morgan fingerprint density at radius 3 is 2.38 bits per heavy atom. The van der Waals surface area contributed by atoms with Gasteiger partial charge in [-0.15, -0.1) is 0 Å². The molecule has 0 aromatic carbocycles. The molecule has 4 heterocycles. The first-order valence-corrected chi connectivity index (χ1v) is 23.6. The summed E-state index contributed by atoms with van der Waals surface area (Å²) in [5.41, 5.74) is 1.51. The van der Waals surface area contributed by atoms with E-state index in [4.69, 9.17) is 23.7 Å². The van der Waals surface area contributed by atoms with E-state index in [0.29, 0.717) is 56.9 Å². The minimum Gasteiger partial charge on any atom is -0.460 e. The van der Waals surface area contributed by atoms with Crippen molar-refractivity contribution in [1.82, 2.24) is 4.90 Å². The fourth-order valence-corrected chi connectivity index (χ4v) is 10.5. The zero-order chi connectivity index (χ0) is 46.2. The van der Waals surface area contributed by atoms with Crippen LogP contribution >= 0.6 is 0 Å². The second-order valence-electron chi connectivity index (χ2n) is 19.7. The smallest absolute Gasteiger partial charge is 0.329 e. The van der Waals surface area contributed by atoms with Crippen LogP contribution in [0.5, 0.6) is 0 Å². The van der Waals surface area contributed by atoms with E-state index in [-0.39, 0.29) is 61.0 Å². The van der Waals surface area contributed by atoms with E-state index >= 15 is 0 Å². The average Bonchev–Trinajstić information content (AvgIpc) is 3.26. The fraction of sp³-hybridized carbons (Fsp3) is 0.760. The van der Waals surface area contributed by atoms with E-state index in [1.165, 1.54) is 4.90 Å². The highest BCUT2D eigenvalue weighted by molar-refractivity contribution is 6.39. The second kappa shape index (κ2) is 22.9. The summed E-state index contributed by atoms with van der Waals surface area (Å²) in [6.07, 6.45) is 13.1. The van der Waals surface area contributed by atoms with Crippen molar-refractivity contribution in [3.63, 3.8) is 0 Å². The molecule has 1 saturated carbocycles. The van der Waals surface area contributed by atoms with Gasteiger partial charge in [0.1, 0.15) is 30.1 Å². The number of nitrogens with zero attached hydrogens (tertiary/aromatic N) is 1. The van der Waals surface area contributed by atoms with Crippen molar-refractivity contribution in [2.24, 2.45) is 35.5 Å². The van der Waals surface area contributed by atoms with Crippen LogP contribution in [0.15, 0.2) is 47.6 Å². The van der Waals surface area contributed by atoms with Crippen molar-refractivity contribution in [3.05, 3.63) is 47.6 Å². The van der Waals surface area contributed by atoms with E-state index in [1.54, 1.807) is 41.1 Å². The van der Waals surface area contributed by atoms with Gasteiger partial charge >= 0.3 is 5.97 Å². The van der Waals surface area contributed by atoms with Gasteiger partial charge in [-0.3, -0.25) is 14.4 Å². The first-order valence-electron chi connectivity index (χ1n) is 23.6. The minimum atomic E-state index is -2.36. The highest BCUT2D eigenvalue weighted by Gasteiger charge is 2.53. The second-order valence-corrected chi connectivity index (χ2v) is 19.7. The molecule has 13 heteroatoms. The molecular weight excluding hydrogens is 807 g/mol. The van der Waals surface area contributed by atoms with Crippen LogP contribution in [0.2, 0.25) is 0 Å². The largest absolute Gasteiger partial charge is 0.460 e. The first kappa shape index (κ1) is 51.0. The fourth-order valence-electron chi connectivity index (χ4n) is 10.5. The minimum absolute atomic E-state index is 0.0877. The number of amides is 1. The predicted octanol–water partition coefficient (Wildman–Crippen LogP) is 6.36. The van der Waals surface area contributed by atoms with Gasteiger partial charge in [0, 0.05) is 39.0 Å². The standard InChI is InChI=1S/C50H77NO12/c1-29-14-10-11-16-41-31(3)25-34(6)45(61-41)46(60-9)44(54)33(5)24-30(2)40(53)28-42(32(4)26-36-19-22-39(52)43(27-36)59-8)62-49(57)38-15-12-13-23-51(38)48(56)47(55)50(58)35(7)18-21-37(63-50)20-17-29/h10-11,14,16-17,24,30-32,34-39,41-46,52,54,58H,12-13,15,18-23,25-28H2,1-9H3/b14-10+,16-11+,29-17+,33-24+/t30-,31+,32-,34-,35-,36+,37-,38+,39-,41?,42+,43-,44-,45+,46-,50-/m1/s1. The highest BCUT2D eigenvalue weighted by Crippen LogP contribution is 2.38. The molecule has 16 atom stereocenters. The molecular formula is C50H77NO12. The van der Waals surface area contributed by atoms with Crippen LogP contribution < -0.4 is 0 Å². The van der Waals surface area contributed by atoms with Crippen molar-refractivity contribution < 1.29 is 58.2 Å². The number of esters is 1. The van der Waals surface area contributed by atoms with E-state index in [1.807, 2.05) is 44.2 Å². The van der Waals surface area contributed by atoms with Gasteiger partial charge in [0.25, 0.3) is 11.7 Å². The lowest BCUT2D eigenvalue weighted by Gasteiger charge is -2.42. The summed E-state index contributed by atoms with van der Waals surface area (Å²) in [5, 5.41) is 34.1. The number of cyclic esters (lactones) is 1. The van der Waals surface area contributed by atoms with E-state index in [0.717, 1.165) is 18.4 Å². The number of hydrogen-bond acceptors (Lipinski definition) is 12. The molecule has 354 valence electrons. The van der Waals surface area contributed by atoms with Gasteiger partial charge in [-0.05, 0) is 114 Å². The Labute approximate surface area is 375 Å². The van der Waals surface area contributed by atoms with Crippen LogP contribution in [0.3, 0.4) is 0 Å². The Bertz CT molecular complexity index is 1710. The molecule has 63 heavy (non-hydrogen) atoms. The summed E-state index contributed by atoms with van der Waals surface area (Å²) in [4.78, 5) is 58.0. The third-order valence-corrected chi connectivity index (χ3v) is 14.7. The number of rotatable bonds is 5. The molecule has 5 aliphatic rings. The number of hydrogen-bond donors (Lipinski definition) is 3. The van der Waals surface area contributed by atoms with Gasteiger partial charge in [0.2, 0.25) is 5.79 Å². The van der Waals surface area contributed by atoms with Crippen LogP contribution in [-0.4, -0.2) is 125 Å². The van der Waals surface area contributed by atoms with E-state index in [2.05, 4.69) is 13.8 Å². The van der Waals surface area contributed by atoms with Gasteiger partial charge in [0.15, 0.2) is 0 Å². The number of carbonyl (C=O) groups is 4. The Morgan fingerprint density at radius 1 is 0.921 bits per heavy atom. The Morgan fingerprint density at radius 2 is 1.67 bits per heavy atom. The normalized spacial score (nSPS) is 43.0. The molecule has 4 fully saturated rings. The number of aliphatic hydroxyl groups excluding tert-OH is 2. The lowest BCUT2D eigenvalue weighted by molar-refractivity contribution is -0.262. The monoisotopic (exact) mass is 884 g/mol. The number of piperidine rings is 1. The topological polar surface area (TPSA) is 178 Å². The van der Waals surface area contributed by atoms with Crippen molar-refractivity contribution in [1.29, 1.82) is 0 Å². The molecule has 0 aromatic heterocycles. The Hall–Kier alpha value is -3.04. The predicted molar refractivity (Wildman–Crippen MR) is 238 cm³/mol. The molecule has 13 nitrogen and oxygen atoms in total. The maximum Gasteiger partial charge on any atom is 0.329 e. The molecule has 1 amide bonds. The highest BCUT2D eigenvalue weighted by atomic mass is 16.6. The number of fused-ring (bicyclic) bond motifs is 5. The van der Waals surface area contributed by atoms with Gasteiger partial charge in [-0.1, -0.05) is 76.6 Å². The Kier molecular flexibility index (Phi) is 18.5. The van der Waals surface area contributed by atoms with Crippen LogP contribution in [0.1, 0.15) is 126 Å². The first-order chi connectivity index (χ1) is 29.9. The average molecular weight is 884 g/mol. The van der Waals surface area contributed by atoms with Crippen molar-refractivity contribution in [2.45, 2.75) is 186 Å². The quantitative estimate of drug-likeness (QED) is 0.158. The lowest BCUT2D eigenvalue weighted by atomic mass is 9.78. The van der Waals surface area contributed by atoms with Gasteiger partial charge in [-0.25, -0.2) is 4.79 Å². The van der Waals surface area contributed by atoms with Crippen molar-refractivity contribution in [2.75, 3.05) is 20.8 Å². The summed E-state index contributed by atoms with van der Waals surface area (Å²) in [5.74, 6) is -6.51. The third kappa shape index (κ3) is 12.7. The van der Waals surface area contributed by atoms with E-state index < -0.39 is 77.9 Å². The zero-order valence-electron chi connectivity index (χ0n) is 39.3. The van der Waals surface area contributed by atoms with Crippen LogP contribution in [0.25, 0.3) is 0 Å². The maximum absolute atomic E-state index is 14.3. The van der Waals surface area contributed by atoms with Crippen molar-refractivity contribution >= 4 is 23.4 Å². The van der Waals surface area contributed by atoms with Crippen LogP contribution in [0, 0.1) is 35.5 Å². The summed E-state index contributed by atoms with van der Waals surface area (Å²) < 4.78 is 30.6. The molecule has 5 rings (SSSR count).